The quantitative estimate of drug-likeness (QED) is 0.219. The van der Waals surface area contributed by atoms with Crippen LogP contribution in [0, 0.1) is 11.8 Å². The predicted octanol–water partition coefficient (Wildman–Crippen LogP) is 4.66. The number of amides is 3. The van der Waals surface area contributed by atoms with Crippen LogP contribution >= 0.6 is 0 Å². The lowest BCUT2D eigenvalue weighted by Gasteiger charge is -2.52. The van der Waals surface area contributed by atoms with Gasteiger partial charge in [0.05, 0.1) is 30.9 Å². The van der Waals surface area contributed by atoms with Gasteiger partial charge in [0.2, 0.25) is 11.8 Å². The Morgan fingerprint density at radius 1 is 0.878 bits per heavy atom. The van der Waals surface area contributed by atoms with Crippen LogP contribution in [0.1, 0.15) is 44.1 Å². The normalized spacial score (nSPS) is 23.7. The number of nitrogens with zero attached hydrogens (tertiary/aromatic N) is 2. The molecule has 4 aliphatic rings. The molecular weight excluding hydrogens is 514 g/mol. The summed E-state index contributed by atoms with van der Waals surface area (Å²) < 4.78 is 5.25. The van der Waals surface area contributed by atoms with Crippen molar-refractivity contribution in [2.75, 3.05) is 7.11 Å². The number of likely N-dealkylation sites (tertiary alicyclic amines) is 1. The zero-order chi connectivity index (χ0) is 28.1. The van der Waals surface area contributed by atoms with Gasteiger partial charge in [-0.3, -0.25) is 19.3 Å². The van der Waals surface area contributed by atoms with Crippen molar-refractivity contribution in [2.24, 2.45) is 16.9 Å². The Morgan fingerprint density at radius 2 is 1.54 bits per heavy atom. The maximum atomic E-state index is 14.3. The van der Waals surface area contributed by atoms with Crippen molar-refractivity contribution in [3.63, 3.8) is 0 Å². The number of ether oxygens (including phenoxy) is 1. The molecule has 8 rings (SSSR count). The van der Waals surface area contributed by atoms with Crippen LogP contribution in [-0.2, 0) is 21.5 Å². The zero-order valence-electron chi connectivity index (χ0n) is 22.4. The maximum Gasteiger partial charge on any atom is 0.271 e. The second-order valence-electron chi connectivity index (χ2n) is 10.7. The van der Waals surface area contributed by atoms with Crippen LogP contribution in [0.3, 0.4) is 0 Å². The fourth-order valence-corrected chi connectivity index (χ4v) is 7.05. The molecule has 202 valence electrons. The SMILES string of the molecule is COc1cccc(C(=O)N/N=C\C23c4ccccc4C(c4ccccc42)[C@H]2C(=O)N(Cc4ccccc4)C(=O)[C@H]23)c1. The average molecular weight is 542 g/mol. The summed E-state index contributed by atoms with van der Waals surface area (Å²) in [6, 6.07) is 32.3. The van der Waals surface area contributed by atoms with Crippen molar-refractivity contribution in [2.45, 2.75) is 17.9 Å². The van der Waals surface area contributed by atoms with Gasteiger partial charge in [-0.1, -0.05) is 84.9 Å². The molecule has 7 heteroatoms. The van der Waals surface area contributed by atoms with E-state index in [1.165, 1.54) is 4.90 Å². The molecule has 7 nitrogen and oxygen atoms in total. The van der Waals surface area contributed by atoms with Gasteiger partial charge in [-0.2, -0.15) is 5.10 Å². The third-order valence-corrected chi connectivity index (χ3v) is 8.72. The number of carbonyl (C=O) groups is 3. The van der Waals surface area contributed by atoms with Crippen LogP contribution in [0.2, 0.25) is 0 Å². The highest BCUT2D eigenvalue weighted by molar-refractivity contribution is 6.11. The van der Waals surface area contributed by atoms with Gasteiger partial charge in [0.15, 0.2) is 0 Å². The summed E-state index contributed by atoms with van der Waals surface area (Å²) in [7, 11) is 1.54. The molecule has 1 aliphatic heterocycles. The first kappa shape index (κ1) is 25.0. The van der Waals surface area contributed by atoms with Crippen molar-refractivity contribution in [3.8, 4) is 5.75 Å². The lowest BCUT2D eigenvalue weighted by atomic mass is 9.47. The van der Waals surface area contributed by atoms with E-state index in [1.807, 2.05) is 78.9 Å². The van der Waals surface area contributed by atoms with Gasteiger partial charge in [-0.05, 0) is 46.0 Å². The summed E-state index contributed by atoms with van der Waals surface area (Å²) in [5.74, 6) is -1.74. The molecule has 1 saturated heterocycles. The van der Waals surface area contributed by atoms with E-state index < -0.39 is 23.2 Å². The highest BCUT2D eigenvalue weighted by Gasteiger charge is 2.67. The zero-order valence-corrected chi connectivity index (χ0v) is 22.4. The minimum absolute atomic E-state index is 0.170. The fourth-order valence-electron chi connectivity index (χ4n) is 7.05. The number of rotatable bonds is 6. The van der Waals surface area contributed by atoms with Gasteiger partial charge in [0, 0.05) is 17.7 Å². The first-order chi connectivity index (χ1) is 20.0. The summed E-state index contributed by atoms with van der Waals surface area (Å²) in [6.07, 6.45) is 1.67. The van der Waals surface area contributed by atoms with E-state index in [4.69, 9.17) is 4.74 Å². The number of hydrogen-bond acceptors (Lipinski definition) is 5. The number of hydrogen-bond donors (Lipinski definition) is 1. The Bertz CT molecular complexity index is 1680. The van der Waals surface area contributed by atoms with Crippen LogP contribution in [-0.4, -0.2) is 35.9 Å². The van der Waals surface area contributed by atoms with Gasteiger partial charge in [0.1, 0.15) is 5.75 Å². The molecule has 1 heterocycles. The molecule has 3 amide bonds. The second-order valence-corrected chi connectivity index (χ2v) is 10.7. The Morgan fingerprint density at radius 3 is 2.22 bits per heavy atom. The minimum Gasteiger partial charge on any atom is -0.497 e. The van der Waals surface area contributed by atoms with E-state index >= 15 is 0 Å². The summed E-state index contributed by atoms with van der Waals surface area (Å²) in [5, 5.41) is 4.47. The molecule has 4 aromatic rings. The van der Waals surface area contributed by atoms with E-state index in [-0.39, 0.29) is 24.3 Å². The van der Waals surface area contributed by atoms with E-state index in [0.717, 1.165) is 27.8 Å². The number of methoxy groups -OCH3 is 1. The number of benzene rings is 4. The van der Waals surface area contributed by atoms with E-state index in [9.17, 15) is 14.4 Å². The predicted molar refractivity (Wildman–Crippen MR) is 153 cm³/mol. The summed E-state index contributed by atoms with van der Waals surface area (Å²) in [5.41, 5.74) is 6.81. The highest BCUT2D eigenvalue weighted by Crippen LogP contribution is 2.63. The first-order valence-corrected chi connectivity index (χ1v) is 13.6. The Hall–Kier alpha value is -5.04. The second kappa shape index (κ2) is 9.55. The van der Waals surface area contributed by atoms with Crippen molar-refractivity contribution >= 4 is 23.9 Å². The van der Waals surface area contributed by atoms with Gasteiger partial charge < -0.3 is 4.74 Å². The summed E-state index contributed by atoms with van der Waals surface area (Å²) in [6.45, 7) is 0.213. The van der Waals surface area contributed by atoms with Crippen molar-refractivity contribution in [1.29, 1.82) is 0 Å². The van der Waals surface area contributed by atoms with Crippen molar-refractivity contribution < 1.29 is 19.1 Å². The van der Waals surface area contributed by atoms with Crippen LogP contribution in [0.4, 0.5) is 0 Å². The molecule has 2 bridgehead atoms. The monoisotopic (exact) mass is 541 g/mol. The first-order valence-electron chi connectivity index (χ1n) is 13.6. The number of carbonyl (C=O) groups excluding carboxylic acids is 3. The van der Waals surface area contributed by atoms with E-state index in [0.29, 0.717) is 11.3 Å². The smallest absolute Gasteiger partial charge is 0.271 e. The van der Waals surface area contributed by atoms with Gasteiger partial charge in [-0.25, -0.2) is 5.43 Å². The van der Waals surface area contributed by atoms with Gasteiger partial charge in [-0.15, -0.1) is 0 Å². The Kier molecular flexibility index (Phi) is 5.82. The molecule has 0 saturated carbocycles. The lowest BCUT2D eigenvalue weighted by Crippen LogP contribution is -2.54. The molecule has 0 spiro atoms. The van der Waals surface area contributed by atoms with Crippen molar-refractivity contribution in [1.82, 2.24) is 10.3 Å². The number of hydrazone groups is 1. The fraction of sp³-hybridized carbons (Fsp3) is 0.176. The summed E-state index contributed by atoms with van der Waals surface area (Å²) in [4.78, 5) is 42.9. The average Bonchev–Trinajstić information content (AvgIpc) is 3.27. The molecule has 1 N–H and O–H groups in total. The molecular formula is C34H27N3O4. The van der Waals surface area contributed by atoms with Crippen LogP contribution < -0.4 is 10.2 Å². The maximum absolute atomic E-state index is 14.3. The van der Waals surface area contributed by atoms with Gasteiger partial charge in [0.25, 0.3) is 5.91 Å². The van der Waals surface area contributed by atoms with Crippen LogP contribution in [0.25, 0.3) is 0 Å². The molecule has 1 fully saturated rings. The molecule has 4 aromatic carbocycles. The Balaban J connectivity index is 1.35. The molecule has 3 aliphatic carbocycles. The lowest BCUT2D eigenvalue weighted by molar-refractivity contribution is -0.140. The molecule has 0 radical (unpaired) electrons. The van der Waals surface area contributed by atoms with Crippen LogP contribution in [0.15, 0.2) is 108 Å². The number of imide groups is 1. The van der Waals surface area contributed by atoms with Crippen LogP contribution in [0.5, 0.6) is 5.75 Å². The third kappa shape index (κ3) is 3.65. The molecule has 2 atom stereocenters. The summed E-state index contributed by atoms with van der Waals surface area (Å²) >= 11 is 0. The standard InChI is InChI=1S/C34H27N3O4/c1-41-23-13-9-12-22(18-23)31(38)36-35-20-34-26-16-7-5-14-24(26)28(25-15-6-8-17-27(25)34)29-30(34)33(40)37(32(29)39)19-21-10-3-2-4-11-21/h2-18,20,28-30H,19H2,1H3,(H,36,38)/b35-20-/t28?,29-,30+,34?/m1/s1. The topological polar surface area (TPSA) is 88.1 Å². The molecule has 41 heavy (non-hydrogen) atoms. The van der Waals surface area contributed by atoms with E-state index in [2.05, 4.69) is 10.5 Å². The third-order valence-electron chi connectivity index (χ3n) is 8.72. The molecule has 0 unspecified atom stereocenters. The Labute approximate surface area is 237 Å². The highest BCUT2D eigenvalue weighted by atomic mass is 16.5. The molecule has 0 aromatic heterocycles. The largest absolute Gasteiger partial charge is 0.497 e. The number of nitrogens with one attached hydrogen (secondary N) is 1. The minimum atomic E-state index is -1.04. The van der Waals surface area contributed by atoms with Crippen molar-refractivity contribution in [3.05, 3.63) is 137 Å². The van der Waals surface area contributed by atoms with Gasteiger partial charge >= 0.3 is 0 Å². The van der Waals surface area contributed by atoms with E-state index in [1.54, 1.807) is 37.6 Å².